The molecule has 0 spiro atoms. The minimum atomic E-state index is 0.106. The topological polar surface area (TPSA) is 47.9 Å². The number of fused-ring (bicyclic) bond motifs is 1. The molecule has 0 aliphatic carbocycles. The first-order chi connectivity index (χ1) is 13.1. The molecule has 0 radical (unpaired) electrons. The highest BCUT2D eigenvalue weighted by molar-refractivity contribution is 5.86. The summed E-state index contributed by atoms with van der Waals surface area (Å²) in [5.74, 6) is 0.832. The molecule has 1 aliphatic rings. The summed E-state index contributed by atoms with van der Waals surface area (Å²) < 4.78 is 0. The highest BCUT2D eigenvalue weighted by atomic mass is 16.2. The second-order valence-corrected chi connectivity index (χ2v) is 7.02. The third kappa shape index (κ3) is 4.67. The van der Waals surface area contributed by atoms with Crippen molar-refractivity contribution in [3.63, 3.8) is 0 Å². The Morgan fingerprint density at radius 3 is 2.59 bits per heavy atom. The first kappa shape index (κ1) is 19.0. The first-order valence-electron chi connectivity index (χ1n) is 9.39. The van der Waals surface area contributed by atoms with Gasteiger partial charge in [0.15, 0.2) is 5.96 Å². The maximum absolute atomic E-state index is 12.7. The van der Waals surface area contributed by atoms with Crippen LogP contribution in [0.1, 0.15) is 22.3 Å². The van der Waals surface area contributed by atoms with Crippen molar-refractivity contribution >= 4 is 11.9 Å². The molecule has 0 fully saturated rings. The Labute approximate surface area is 161 Å². The third-order valence-corrected chi connectivity index (χ3v) is 5.12. The number of hydrogen-bond acceptors (Lipinski definition) is 2. The summed E-state index contributed by atoms with van der Waals surface area (Å²) in [7, 11) is 3.74. The molecule has 27 heavy (non-hydrogen) atoms. The van der Waals surface area contributed by atoms with Gasteiger partial charge in [0, 0.05) is 33.7 Å². The van der Waals surface area contributed by atoms with Crippen LogP contribution in [-0.2, 0) is 24.3 Å². The number of amides is 1. The molecule has 3 rings (SSSR count). The lowest BCUT2D eigenvalue weighted by molar-refractivity contribution is -0.130. The van der Waals surface area contributed by atoms with Crippen molar-refractivity contribution in [1.82, 2.24) is 15.1 Å². The molecular weight excluding hydrogens is 336 g/mol. The van der Waals surface area contributed by atoms with Crippen molar-refractivity contribution in [1.29, 1.82) is 0 Å². The number of benzene rings is 2. The zero-order chi connectivity index (χ0) is 19.2. The zero-order valence-corrected chi connectivity index (χ0v) is 16.4. The molecule has 0 aromatic heterocycles. The van der Waals surface area contributed by atoms with E-state index in [4.69, 9.17) is 0 Å². The fourth-order valence-corrected chi connectivity index (χ4v) is 3.48. The van der Waals surface area contributed by atoms with Crippen LogP contribution in [0.3, 0.4) is 0 Å². The number of carbonyl (C=O) groups excluding carboxylic acids is 1. The maximum atomic E-state index is 12.7. The SMILES string of the molecule is CN=C(NCC(=O)N1CCc2ccccc2C1)N(C)Cc1ccccc1C. The predicted molar refractivity (Wildman–Crippen MR) is 110 cm³/mol. The van der Waals surface area contributed by atoms with E-state index >= 15 is 0 Å². The van der Waals surface area contributed by atoms with Crippen molar-refractivity contribution in [2.75, 3.05) is 27.2 Å². The van der Waals surface area contributed by atoms with E-state index in [0.29, 0.717) is 6.54 Å². The normalized spacial score (nSPS) is 13.9. The molecule has 142 valence electrons. The van der Waals surface area contributed by atoms with Crippen LogP contribution in [0.2, 0.25) is 0 Å². The predicted octanol–water partition coefficient (Wildman–Crippen LogP) is 2.59. The van der Waals surface area contributed by atoms with Crippen LogP contribution in [0.25, 0.3) is 0 Å². The fraction of sp³-hybridized carbons (Fsp3) is 0.364. The van der Waals surface area contributed by atoms with Crippen LogP contribution in [-0.4, -0.2) is 48.9 Å². The summed E-state index contributed by atoms with van der Waals surface area (Å²) in [5, 5.41) is 3.21. The Kier molecular flexibility index (Phi) is 6.12. The number of carbonyl (C=O) groups is 1. The monoisotopic (exact) mass is 364 g/mol. The Morgan fingerprint density at radius 1 is 1.15 bits per heavy atom. The van der Waals surface area contributed by atoms with Gasteiger partial charge >= 0.3 is 0 Å². The van der Waals surface area contributed by atoms with E-state index in [1.54, 1.807) is 7.05 Å². The summed E-state index contributed by atoms with van der Waals surface area (Å²) in [4.78, 5) is 20.9. The molecule has 1 aliphatic heterocycles. The van der Waals surface area contributed by atoms with Crippen molar-refractivity contribution in [2.45, 2.75) is 26.4 Å². The lowest BCUT2D eigenvalue weighted by Gasteiger charge is -2.30. The van der Waals surface area contributed by atoms with Crippen LogP contribution in [0, 0.1) is 6.92 Å². The lowest BCUT2D eigenvalue weighted by Crippen LogP contribution is -2.46. The summed E-state index contributed by atoms with van der Waals surface area (Å²) in [6.07, 6.45) is 0.920. The molecule has 1 amide bonds. The van der Waals surface area contributed by atoms with E-state index in [0.717, 1.165) is 25.5 Å². The van der Waals surface area contributed by atoms with Gasteiger partial charge in [-0.1, -0.05) is 48.5 Å². The molecule has 0 bridgehead atoms. The molecule has 5 heteroatoms. The zero-order valence-electron chi connectivity index (χ0n) is 16.4. The van der Waals surface area contributed by atoms with Crippen molar-refractivity contribution in [3.8, 4) is 0 Å². The molecular formula is C22H28N4O. The maximum Gasteiger partial charge on any atom is 0.242 e. The Morgan fingerprint density at radius 2 is 1.85 bits per heavy atom. The minimum Gasteiger partial charge on any atom is -0.347 e. The second-order valence-electron chi connectivity index (χ2n) is 7.02. The number of guanidine groups is 1. The van der Waals surface area contributed by atoms with Crippen LogP contribution in [0.15, 0.2) is 53.5 Å². The van der Waals surface area contributed by atoms with Crippen LogP contribution < -0.4 is 5.32 Å². The van der Waals surface area contributed by atoms with Gasteiger partial charge in [0.05, 0.1) is 6.54 Å². The number of rotatable bonds is 4. The van der Waals surface area contributed by atoms with E-state index in [-0.39, 0.29) is 12.5 Å². The van der Waals surface area contributed by atoms with Gasteiger partial charge in [0.25, 0.3) is 0 Å². The van der Waals surface area contributed by atoms with Crippen LogP contribution >= 0.6 is 0 Å². The fourth-order valence-electron chi connectivity index (χ4n) is 3.48. The van der Waals surface area contributed by atoms with E-state index < -0.39 is 0 Å². The minimum absolute atomic E-state index is 0.106. The van der Waals surface area contributed by atoms with Gasteiger partial charge in [-0.2, -0.15) is 0 Å². The molecule has 1 heterocycles. The Bertz CT molecular complexity index is 831. The second kappa shape index (κ2) is 8.71. The Hall–Kier alpha value is -2.82. The van der Waals surface area contributed by atoms with Gasteiger partial charge in [-0.05, 0) is 35.6 Å². The smallest absolute Gasteiger partial charge is 0.242 e. The highest BCUT2D eigenvalue weighted by Gasteiger charge is 2.20. The molecule has 2 aromatic rings. The van der Waals surface area contributed by atoms with Gasteiger partial charge < -0.3 is 15.1 Å². The summed E-state index contributed by atoms with van der Waals surface area (Å²) >= 11 is 0. The molecule has 5 nitrogen and oxygen atoms in total. The number of aryl methyl sites for hydroxylation is 1. The largest absolute Gasteiger partial charge is 0.347 e. The van der Waals surface area contributed by atoms with Gasteiger partial charge in [-0.15, -0.1) is 0 Å². The van der Waals surface area contributed by atoms with Gasteiger partial charge in [0.1, 0.15) is 0 Å². The van der Waals surface area contributed by atoms with Crippen molar-refractivity contribution in [3.05, 3.63) is 70.8 Å². The highest BCUT2D eigenvalue weighted by Crippen LogP contribution is 2.18. The quantitative estimate of drug-likeness (QED) is 0.670. The van der Waals surface area contributed by atoms with Gasteiger partial charge in [-0.3, -0.25) is 9.79 Å². The third-order valence-electron chi connectivity index (χ3n) is 5.12. The van der Waals surface area contributed by atoms with E-state index in [9.17, 15) is 4.79 Å². The molecule has 0 saturated heterocycles. The first-order valence-corrected chi connectivity index (χ1v) is 9.39. The van der Waals surface area contributed by atoms with Crippen LogP contribution in [0.4, 0.5) is 0 Å². The van der Waals surface area contributed by atoms with Gasteiger partial charge in [-0.25, -0.2) is 0 Å². The summed E-state index contributed by atoms with van der Waals surface area (Å²) in [5.41, 5.74) is 5.10. The molecule has 0 atom stereocenters. The molecule has 0 unspecified atom stereocenters. The standard InChI is InChI=1S/C22H28N4O/c1-17-8-4-5-10-19(17)15-25(3)22(23-2)24-14-21(27)26-13-12-18-9-6-7-11-20(18)16-26/h4-11H,12-16H2,1-3H3,(H,23,24). The lowest BCUT2D eigenvalue weighted by atomic mass is 10.00. The van der Waals surface area contributed by atoms with Gasteiger partial charge in [0.2, 0.25) is 5.91 Å². The number of nitrogens with one attached hydrogen (secondary N) is 1. The average Bonchev–Trinajstić information content (AvgIpc) is 2.69. The van der Waals surface area contributed by atoms with Crippen molar-refractivity contribution < 1.29 is 4.79 Å². The van der Waals surface area contributed by atoms with E-state index in [1.807, 2.05) is 35.0 Å². The number of aliphatic imine (C=N–C) groups is 1. The summed E-state index contributed by atoms with van der Waals surface area (Å²) in [6.45, 7) is 4.57. The Balaban J connectivity index is 1.55. The molecule has 0 saturated carbocycles. The number of hydrogen-bond donors (Lipinski definition) is 1. The molecule has 1 N–H and O–H groups in total. The van der Waals surface area contributed by atoms with E-state index in [1.165, 1.54) is 22.3 Å². The van der Waals surface area contributed by atoms with E-state index in [2.05, 4.69) is 47.6 Å². The average molecular weight is 364 g/mol. The molecule has 2 aromatic carbocycles. The van der Waals surface area contributed by atoms with Crippen LogP contribution in [0.5, 0.6) is 0 Å². The summed E-state index contributed by atoms with van der Waals surface area (Å²) in [6, 6.07) is 16.7. The van der Waals surface area contributed by atoms with Crippen molar-refractivity contribution in [2.24, 2.45) is 4.99 Å². The number of nitrogens with zero attached hydrogens (tertiary/aromatic N) is 3.